The number of rotatable bonds is 5. The van der Waals surface area contributed by atoms with Gasteiger partial charge in [-0.25, -0.2) is 0 Å². The van der Waals surface area contributed by atoms with Gasteiger partial charge in [-0.05, 0) is 65.6 Å². The van der Waals surface area contributed by atoms with Gasteiger partial charge in [-0.3, -0.25) is 0 Å². The summed E-state index contributed by atoms with van der Waals surface area (Å²) in [6, 6.07) is 24.0. The Morgan fingerprint density at radius 1 is 0.708 bits per heavy atom. The molecule has 0 saturated carbocycles. The summed E-state index contributed by atoms with van der Waals surface area (Å²) in [4.78, 5) is 0. The van der Waals surface area contributed by atoms with E-state index in [0.717, 1.165) is 6.42 Å². The smallest absolute Gasteiger partial charge is 0.00733 e. The maximum atomic E-state index is 2.43. The van der Waals surface area contributed by atoms with Crippen molar-refractivity contribution in [2.24, 2.45) is 0 Å². The highest BCUT2D eigenvalue weighted by molar-refractivity contribution is 5.87. The third kappa shape index (κ3) is 3.28. The van der Waals surface area contributed by atoms with Gasteiger partial charge in [0.05, 0.1) is 0 Å². The second-order valence-corrected chi connectivity index (χ2v) is 6.54. The van der Waals surface area contributed by atoms with Gasteiger partial charge in [0.2, 0.25) is 0 Å². The Labute approximate surface area is 146 Å². The van der Waals surface area contributed by atoms with E-state index in [9.17, 15) is 0 Å². The lowest BCUT2D eigenvalue weighted by atomic mass is 9.85. The van der Waals surface area contributed by atoms with Gasteiger partial charge in [0, 0.05) is 0 Å². The first-order chi connectivity index (χ1) is 11.7. The van der Waals surface area contributed by atoms with E-state index in [2.05, 4.69) is 87.5 Å². The van der Waals surface area contributed by atoms with Crippen molar-refractivity contribution in [3.8, 4) is 22.3 Å². The van der Waals surface area contributed by atoms with Crippen molar-refractivity contribution < 1.29 is 0 Å². The van der Waals surface area contributed by atoms with Gasteiger partial charge < -0.3 is 0 Å². The Kier molecular flexibility index (Phi) is 5.15. The van der Waals surface area contributed by atoms with Crippen molar-refractivity contribution in [2.45, 2.75) is 40.0 Å². The van der Waals surface area contributed by atoms with Gasteiger partial charge in [0.1, 0.15) is 0 Å². The molecule has 0 heteroatoms. The minimum absolute atomic E-state index is 1.16. The van der Waals surface area contributed by atoms with E-state index in [1.54, 1.807) is 0 Å². The highest BCUT2D eigenvalue weighted by Gasteiger charge is 2.15. The predicted octanol–water partition coefficient (Wildman–Crippen LogP) is 6.98. The van der Waals surface area contributed by atoms with E-state index in [-0.39, 0.29) is 0 Å². The standard InChI is InChI=1S/C24H26/c1-4-5-12-22-17-23(20-13-8-6-9-14-20)24(19(3)18(22)2)21-15-10-7-11-16-21/h6-11,13-17H,4-5,12H2,1-3H3. The zero-order valence-corrected chi connectivity index (χ0v) is 15.0. The van der Waals surface area contributed by atoms with Crippen molar-refractivity contribution in [3.63, 3.8) is 0 Å². The molecule has 0 aliphatic rings. The monoisotopic (exact) mass is 314 g/mol. The maximum Gasteiger partial charge on any atom is -0.00733 e. The van der Waals surface area contributed by atoms with Crippen LogP contribution in [0, 0.1) is 13.8 Å². The molecule has 0 aliphatic carbocycles. The molecule has 0 atom stereocenters. The van der Waals surface area contributed by atoms with E-state index < -0.39 is 0 Å². The van der Waals surface area contributed by atoms with Crippen molar-refractivity contribution in [3.05, 3.63) is 83.4 Å². The maximum absolute atomic E-state index is 2.43. The van der Waals surface area contributed by atoms with Crippen LogP contribution in [0.2, 0.25) is 0 Å². The van der Waals surface area contributed by atoms with Crippen molar-refractivity contribution in [2.75, 3.05) is 0 Å². The lowest BCUT2D eigenvalue weighted by Gasteiger charge is -2.19. The molecular formula is C24H26. The van der Waals surface area contributed by atoms with E-state index >= 15 is 0 Å². The number of aryl methyl sites for hydroxylation is 1. The van der Waals surface area contributed by atoms with Gasteiger partial charge >= 0.3 is 0 Å². The Morgan fingerprint density at radius 2 is 1.29 bits per heavy atom. The summed E-state index contributed by atoms with van der Waals surface area (Å²) in [5, 5.41) is 0. The molecule has 0 nitrogen and oxygen atoms in total. The summed E-state index contributed by atoms with van der Waals surface area (Å²) >= 11 is 0. The van der Waals surface area contributed by atoms with Gasteiger partial charge in [-0.1, -0.05) is 80.1 Å². The van der Waals surface area contributed by atoms with Crippen LogP contribution in [-0.4, -0.2) is 0 Å². The number of benzene rings is 3. The molecule has 0 radical (unpaired) electrons. The van der Waals surface area contributed by atoms with Crippen LogP contribution < -0.4 is 0 Å². The van der Waals surface area contributed by atoms with Crippen LogP contribution in [0.4, 0.5) is 0 Å². The van der Waals surface area contributed by atoms with E-state index in [1.807, 2.05) is 0 Å². The largest absolute Gasteiger partial charge is 0.0654 e. The average molecular weight is 314 g/mol. The molecule has 0 aliphatic heterocycles. The van der Waals surface area contributed by atoms with Crippen LogP contribution in [0.3, 0.4) is 0 Å². The summed E-state index contributed by atoms with van der Waals surface area (Å²) in [6.07, 6.45) is 3.65. The second kappa shape index (κ2) is 7.49. The highest BCUT2D eigenvalue weighted by Crippen LogP contribution is 2.38. The van der Waals surface area contributed by atoms with Crippen molar-refractivity contribution in [1.82, 2.24) is 0 Å². The second-order valence-electron chi connectivity index (χ2n) is 6.54. The first-order valence-electron chi connectivity index (χ1n) is 8.96. The zero-order chi connectivity index (χ0) is 16.9. The van der Waals surface area contributed by atoms with Crippen LogP contribution in [0.25, 0.3) is 22.3 Å². The molecule has 3 rings (SSSR count). The quantitative estimate of drug-likeness (QED) is 0.476. The van der Waals surface area contributed by atoms with Crippen LogP contribution in [0.5, 0.6) is 0 Å². The summed E-state index contributed by atoms with van der Waals surface area (Å²) in [5.74, 6) is 0. The predicted molar refractivity (Wildman–Crippen MR) is 105 cm³/mol. The first-order valence-corrected chi connectivity index (χ1v) is 8.96. The minimum atomic E-state index is 1.16. The Hall–Kier alpha value is -2.34. The molecule has 0 heterocycles. The molecule has 0 unspecified atom stereocenters. The van der Waals surface area contributed by atoms with Crippen LogP contribution >= 0.6 is 0 Å². The molecule has 0 N–H and O–H groups in total. The summed E-state index contributed by atoms with van der Waals surface area (Å²) in [7, 11) is 0. The molecule has 0 bridgehead atoms. The zero-order valence-electron chi connectivity index (χ0n) is 15.0. The third-order valence-electron chi connectivity index (χ3n) is 4.95. The molecular weight excluding hydrogens is 288 g/mol. The summed E-state index contributed by atoms with van der Waals surface area (Å²) in [6.45, 7) is 6.82. The fourth-order valence-electron chi connectivity index (χ4n) is 3.43. The fraction of sp³-hybridized carbons (Fsp3) is 0.250. The van der Waals surface area contributed by atoms with Crippen molar-refractivity contribution in [1.29, 1.82) is 0 Å². The van der Waals surface area contributed by atoms with E-state index in [0.29, 0.717) is 0 Å². The summed E-state index contributed by atoms with van der Waals surface area (Å²) in [5.41, 5.74) is 9.69. The Morgan fingerprint density at radius 3 is 1.88 bits per heavy atom. The molecule has 0 spiro atoms. The first kappa shape index (κ1) is 16.5. The van der Waals surface area contributed by atoms with Crippen LogP contribution in [0.1, 0.15) is 36.5 Å². The molecule has 0 fully saturated rings. The van der Waals surface area contributed by atoms with Gasteiger partial charge in [0.25, 0.3) is 0 Å². The Bertz CT molecular complexity index is 798. The Balaban J connectivity index is 2.25. The van der Waals surface area contributed by atoms with Gasteiger partial charge in [0.15, 0.2) is 0 Å². The molecule has 0 aromatic heterocycles. The highest BCUT2D eigenvalue weighted by atomic mass is 14.2. The molecule has 122 valence electrons. The number of unbranched alkanes of at least 4 members (excludes halogenated alkanes) is 1. The average Bonchev–Trinajstić information content (AvgIpc) is 2.64. The third-order valence-corrected chi connectivity index (χ3v) is 4.95. The van der Waals surface area contributed by atoms with Crippen LogP contribution in [0.15, 0.2) is 66.7 Å². The number of hydrogen-bond acceptors (Lipinski definition) is 0. The molecule has 3 aromatic carbocycles. The molecule has 0 saturated heterocycles. The van der Waals surface area contributed by atoms with E-state index in [4.69, 9.17) is 0 Å². The molecule has 3 aromatic rings. The fourth-order valence-corrected chi connectivity index (χ4v) is 3.43. The van der Waals surface area contributed by atoms with Crippen molar-refractivity contribution >= 4 is 0 Å². The summed E-state index contributed by atoms with van der Waals surface area (Å²) < 4.78 is 0. The lowest BCUT2D eigenvalue weighted by molar-refractivity contribution is 0.790. The molecule has 0 amide bonds. The number of hydrogen-bond donors (Lipinski definition) is 0. The minimum Gasteiger partial charge on any atom is -0.0654 e. The van der Waals surface area contributed by atoms with Crippen LogP contribution in [-0.2, 0) is 6.42 Å². The topological polar surface area (TPSA) is 0 Å². The normalized spacial score (nSPS) is 10.8. The lowest BCUT2D eigenvalue weighted by Crippen LogP contribution is -1.99. The van der Waals surface area contributed by atoms with E-state index in [1.165, 1.54) is 51.8 Å². The van der Waals surface area contributed by atoms with Gasteiger partial charge in [-0.15, -0.1) is 0 Å². The van der Waals surface area contributed by atoms with Gasteiger partial charge in [-0.2, -0.15) is 0 Å². The molecule has 24 heavy (non-hydrogen) atoms. The SMILES string of the molecule is CCCCc1cc(-c2ccccc2)c(-c2ccccc2)c(C)c1C.